The second-order valence-corrected chi connectivity index (χ2v) is 9.00. The fourth-order valence-corrected chi connectivity index (χ4v) is 4.49. The quantitative estimate of drug-likeness (QED) is 0.857. The number of hydrogen-bond acceptors (Lipinski definition) is 5. The van der Waals surface area contributed by atoms with E-state index >= 15 is 0 Å². The first-order valence-electron chi connectivity index (χ1n) is 9.93. The van der Waals surface area contributed by atoms with E-state index < -0.39 is 5.60 Å². The maximum absolute atomic E-state index is 12.7. The van der Waals surface area contributed by atoms with Gasteiger partial charge in [0.2, 0.25) is 0 Å². The Kier molecular flexibility index (Phi) is 4.49. The highest BCUT2D eigenvalue weighted by Gasteiger charge is 2.51. The summed E-state index contributed by atoms with van der Waals surface area (Å²) in [6.07, 6.45) is 5.40. The van der Waals surface area contributed by atoms with E-state index in [1.165, 1.54) is 11.3 Å². The molecule has 1 N–H and O–H groups in total. The second kappa shape index (κ2) is 6.62. The Labute approximate surface area is 165 Å². The van der Waals surface area contributed by atoms with Crippen molar-refractivity contribution < 1.29 is 9.53 Å². The van der Waals surface area contributed by atoms with Crippen molar-refractivity contribution in [3.63, 3.8) is 0 Å². The fraction of sp³-hybridized carbons (Fsp3) is 0.650. The van der Waals surface area contributed by atoms with E-state index in [2.05, 4.69) is 26.2 Å². The van der Waals surface area contributed by atoms with Gasteiger partial charge in [0.05, 0.1) is 23.3 Å². The molecule has 4 heterocycles. The first-order chi connectivity index (χ1) is 13.2. The van der Waals surface area contributed by atoms with Crippen LogP contribution in [0.5, 0.6) is 0 Å². The Morgan fingerprint density at radius 3 is 2.82 bits per heavy atom. The minimum Gasteiger partial charge on any atom is -0.444 e. The molecule has 4 rings (SSSR count). The largest absolute Gasteiger partial charge is 0.444 e. The summed E-state index contributed by atoms with van der Waals surface area (Å²) in [6, 6.07) is 0. The van der Waals surface area contributed by atoms with Gasteiger partial charge in [-0.25, -0.2) is 9.78 Å². The summed E-state index contributed by atoms with van der Waals surface area (Å²) in [5.41, 5.74) is 3.75. The molecule has 0 radical (unpaired) electrons. The molecule has 1 unspecified atom stereocenters. The Hall–Kier alpha value is -2.35. The molecule has 1 amide bonds. The zero-order valence-electron chi connectivity index (χ0n) is 17.4. The predicted octanol–water partition coefficient (Wildman–Crippen LogP) is 2.35. The first-order valence-corrected chi connectivity index (χ1v) is 9.93. The molecule has 2 aromatic rings. The number of ether oxygens (including phenoxy) is 1. The van der Waals surface area contributed by atoms with Crippen molar-refractivity contribution in [2.75, 3.05) is 19.6 Å². The Bertz CT molecular complexity index is 880. The van der Waals surface area contributed by atoms with Gasteiger partial charge in [-0.1, -0.05) is 0 Å². The number of nitrogens with zero attached hydrogens (tertiary/aromatic N) is 5. The number of imidazole rings is 1. The number of aromatic nitrogens is 4. The van der Waals surface area contributed by atoms with Crippen molar-refractivity contribution in [2.45, 2.75) is 58.2 Å². The van der Waals surface area contributed by atoms with Crippen LogP contribution in [0.15, 0.2) is 12.5 Å². The molecule has 2 aliphatic heterocycles. The van der Waals surface area contributed by atoms with Gasteiger partial charge in [-0.15, -0.1) is 0 Å². The number of carbonyl (C=O) groups excluding carboxylic acids is 1. The molecule has 2 aromatic heterocycles. The molecule has 0 aromatic carbocycles. The van der Waals surface area contributed by atoms with Gasteiger partial charge in [-0.2, -0.15) is 5.10 Å². The molecule has 1 saturated heterocycles. The maximum Gasteiger partial charge on any atom is 0.410 e. The molecule has 1 spiro atoms. The highest BCUT2D eigenvalue weighted by atomic mass is 16.6. The summed E-state index contributed by atoms with van der Waals surface area (Å²) in [7, 11) is 1.95. The lowest BCUT2D eigenvalue weighted by molar-refractivity contribution is 0.0204. The van der Waals surface area contributed by atoms with E-state index in [1.54, 1.807) is 6.33 Å². The lowest BCUT2D eigenvalue weighted by Gasteiger charge is -2.43. The summed E-state index contributed by atoms with van der Waals surface area (Å²) in [6.45, 7) is 10.7. The van der Waals surface area contributed by atoms with Crippen molar-refractivity contribution in [2.24, 2.45) is 7.05 Å². The van der Waals surface area contributed by atoms with Gasteiger partial charge < -0.3 is 14.6 Å². The van der Waals surface area contributed by atoms with Crippen molar-refractivity contribution in [1.82, 2.24) is 29.5 Å². The molecule has 8 nitrogen and oxygen atoms in total. The number of aromatic amines is 1. The molecule has 1 atom stereocenters. The van der Waals surface area contributed by atoms with Crippen LogP contribution >= 0.6 is 0 Å². The van der Waals surface area contributed by atoms with E-state index in [9.17, 15) is 4.79 Å². The van der Waals surface area contributed by atoms with E-state index in [4.69, 9.17) is 4.74 Å². The molecule has 0 bridgehead atoms. The highest BCUT2D eigenvalue weighted by molar-refractivity contribution is 5.69. The minimum atomic E-state index is -0.497. The Balaban J connectivity index is 1.63. The zero-order chi connectivity index (χ0) is 20.1. The first kappa shape index (κ1) is 19.0. The van der Waals surface area contributed by atoms with E-state index in [-0.39, 0.29) is 11.6 Å². The number of nitrogens with one attached hydrogen (secondary N) is 1. The number of likely N-dealkylation sites (tertiary alicyclic amines) is 1. The molecule has 1 fully saturated rings. The third-order valence-corrected chi connectivity index (χ3v) is 5.77. The average molecular weight is 387 g/mol. The number of hydrogen-bond donors (Lipinski definition) is 1. The normalized spacial score (nSPS) is 22.7. The van der Waals surface area contributed by atoms with Crippen LogP contribution in [0.1, 0.15) is 49.8 Å². The van der Waals surface area contributed by atoms with Gasteiger partial charge in [0, 0.05) is 57.1 Å². The van der Waals surface area contributed by atoms with E-state index in [1.807, 2.05) is 44.3 Å². The van der Waals surface area contributed by atoms with Crippen LogP contribution in [0.25, 0.3) is 0 Å². The third kappa shape index (κ3) is 3.30. The smallest absolute Gasteiger partial charge is 0.410 e. The van der Waals surface area contributed by atoms with Crippen LogP contribution in [0.3, 0.4) is 0 Å². The molecule has 8 heteroatoms. The summed E-state index contributed by atoms with van der Waals surface area (Å²) < 4.78 is 7.49. The number of rotatable bonds is 2. The van der Waals surface area contributed by atoms with E-state index in [0.29, 0.717) is 13.1 Å². The van der Waals surface area contributed by atoms with Crippen LogP contribution in [0, 0.1) is 6.92 Å². The lowest BCUT2D eigenvalue weighted by Crippen LogP contribution is -2.52. The standard InChI is InChI=1S/C20H30N6O2/c1-14-15(10-24(5)23-14)11-26-8-6-16-17(22-13-21-16)20(26)7-9-25(12-20)18(27)28-19(2,3)4/h10,13H,6-9,11-12H2,1-5H3,(H,21,22). The molecule has 152 valence electrons. The van der Waals surface area contributed by atoms with Crippen molar-refractivity contribution >= 4 is 6.09 Å². The fourth-order valence-electron chi connectivity index (χ4n) is 4.49. The molecule has 2 aliphatic rings. The summed E-state index contributed by atoms with van der Waals surface area (Å²) in [5, 5.41) is 4.49. The molecular weight excluding hydrogens is 356 g/mol. The van der Waals surface area contributed by atoms with Gasteiger partial charge in [0.15, 0.2) is 0 Å². The number of carbonyl (C=O) groups is 1. The second-order valence-electron chi connectivity index (χ2n) is 9.00. The summed E-state index contributed by atoms with van der Waals surface area (Å²) in [4.78, 5) is 25.0. The molecule has 0 saturated carbocycles. The van der Waals surface area contributed by atoms with Gasteiger partial charge in [0.1, 0.15) is 5.60 Å². The van der Waals surface area contributed by atoms with Crippen molar-refractivity contribution in [3.05, 3.63) is 35.2 Å². The van der Waals surface area contributed by atoms with Crippen LogP contribution in [-0.4, -0.2) is 60.9 Å². The van der Waals surface area contributed by atoms with Crippen LogP contribution in [0.4, 0.5) is 4.79 Å². The summed E-state index contributed by atoms with van der Waals surface area (Å²) >= 11 is 0. The third-order valence-electron chi connectivity index (χ3n) is 5.77. The number of H-pyrrole nitrogens is 1. The van der Waals surface area contributed by atoms with Crippen LogP contribution in [0.2, 0.25) is 0 Å². The monoisotopic (exact) mass is 386 g/mol. The Morgan fingerprint density at radius 2 is 2.14 bits per heavy atom. The minimum absolute atomic E-state index is 0.246. The average Bonchev–Trinajstić information content (AvgIpc) is 3.29. The Morgan fingerprint density at radius 1 is 1.36 bits per heavy atom. The number of amides is 1. The maximum atomic E-state index is 12.7. The van der Waals surface area contributed by atoms with Gasteiger partial charge >= 0.3 is 6.09 Å². The van der Waals surface area contributed by atoms with Gasteiger partial charge in [-0.05, 0) is 34.1 Å². The molecular formula is C20H30N6O2. The zero-order valence-corrected chi connectivity index (χ0v) is 17.4. The summed E-state index contributed by atoms with van der Waals surface area (Å²) in [5.74, 6) is 0. The SMILES string of the molecule is Cc1nn(C)cc1CN1CCc2[nH]cnc2C12CCN(C(=O)OC(C)(C)C)C2. The number of fused-ring (bicyclic) bond motifs is 2. The lowest BCUT2D eigenvalue weighted by atomic mass is 9.85. The highest BCUT2D eigenvalue weighted by Crippen LogP contribution is 2.42. The molecule has 0 aliphatic carbocycles. The van der Waals surface area contributed by atoms with Crippen LogP contribution in [-0.2, 0) is 30.3 Å². The topological polar surface area (TPSA) is 79.3 Å². The van der Waals surface area contributed by atoms with Gasteiger partial charge in [0.25, 0.3) is 0 Å². The number of aryl methyl sites for hydroxylation is 2. The van der Waals surface area contributed by atoms with E-state index in [0.717, 1.165) is 37.3 Å². The predicted molar refractivity (Wildman–Crippen MR) is 105 cm³/mol. The van der Waals surface area contributed by atoms with Crippen molar-refractivity contribution in [1.29, 1.82) is 0 Å². The van der Waals surface area contributed by atoms with Crippen molar-refractivity contribution in [3.8, 4) is 0 Å². The van der Waals surface area contributed by atoms with Crippen LogP contribution < -0.4 is 0 Å². The molecule has 28 heavy (non-hydrogen) atoms. The van der Waals surface area contributed by atoms with Gasteiger partial charge in [-0.3, -0.25) is 9.58 Å².